The molecule has 104 valence electrons. The van der Waals surface area contributed by atoms with Crippen molar-refractivity contribution >= 4 is 21.8 Å². The standard InChI is InChI=1S/C16H15BrFNO/c1-11-3-8-14(15(18)9-11)16(20)19(2)10-12-4-6-13(17)7-5-12/h3-9H,10H2,1-2H3. The van der Waals surface area contributed by atoms with Gasteiger partial charge in [0.2, 0.25) is 0 Å². The zero-order chi connectivity index (χ0) is 14.7. The lowest BCUT2D eigenvalue weighted by Gasteiger charge is -2.18. The summed E-state index contributed by atoms with van der Waals surface area (Å²) in [6, 6.07) is 12.3. The van der Waals surface area contributed by atoms with Gasteiger partial charge in [-0.1, -0.05) is 34.1 Å². The summed E-state index contributed by atoms with van der Waals surface area (Å²) >= 11 is 3.36. The molecule has 0 aliphatic heterocycles. The number of nitrogens with zero attached hydrogens (tertiary/aromatic N) is 1. The lowest BCUT2D eigenvalue weighted by atomic mass is 10.1. The number of benzene rings is 2. The summed E-state index contributed by atoms with van der Waals surface area (Å²) in [7, 11) is 1.67. The normalized spacial score (nSPS) is 10.4. The smallest absolute Gasteiger partial charge is 0.256 e. The molecule has 20 heavy (non-hydrogen) atoms. The molecule has 0 heterocycles. The van der Waals surface area contributed by atoms with E-state index in [1.165, 1.54) is 17.0 Å². The molecular formula is C16H15BrFNO. The van der Waals surface area contributed by atoms with E-state index in [2.05, 4.69) is 15.9 Å². The molecule has 0 aliphatic carbocycles. The number of carbonyl (C=O) groups is 1. The summed E-state index contributed by atoms with van der Waals surface area (Å²) in [6.07, 6.45) is 0. The van der Waals surface area contributed by atoms with Crippen molar-refractivity contribution < 1.29 is 9.18 Å². The van der Waals surface area contributed by atoms with E-state index >= 15 is 0 Å². The van der Waals surface area contributed by atoms with Gasteiger partial charge in [0.05, 0.1) is 5.56 Å². The van der Waals surface area contributed by atoms with E-state index in [1.54, 1.807) is 20.0 Å². The molecule has 0 saturated heterocycles. The Labute approximate surface area is 126 Å². The quantitative estimate of drug-likeness (QED) is 0.824. The largest absolute Gasteiger partial charge is 0.337 e. The van der Waals surface area contributed by atoms with Crippen LogP contribution < -0.4 is 0 Å². The number of carbonyl (C=O) groups excluding carboxylic acids is 1. The number of rotatable bonds is 3. The maximum Gasteiger partial charge on any atom is 0.256 e. The molecule has 4 heteroatoms. The van der Waals surface area contributed by atoms with E-state index in [1.807, 2.05) is 24.3 Å². The molecule has 0 unspecified atom stereocenters. The van der Waals surface area contributed by atoms with Crippen molar-refractivity contribution in [2.24, 2.45) is 0 Å². The van der Waals surface area contributed by atoms with Crippen LogP contribution in [0.5, 0.6) is 0 Å². The van der Waals surface area contributed by atoms with Crippen molar-refractivity contribution in [1.29, 1.82) is 0 Å². The summed E-state index contributed by atoms with van der Waals surface area (Å²) in [6.45, 7) is 2.24. The van der Waals surface area contributed by atoms with Gasteiger partial charge in [-0.3, -0.25) is 4.79 Å². The average Bonchev–Trinajstić information content (AvgIpc) is 2.40. The molecule has 0 aliphatic rings. The van der Waals surface area contributed by atoms with Crippen molar-refractivity contribution in [3.8, 4) is 0 Å². The maximum atomic E-state index is 13.8. The van der Waals surface area contributed by atoms with Crippen LogP contribution in [0.4, 0.5) is 4.39 Å². The van der Waals surface area contributed by atoms with Gasteiger partial charge in [0.15, 0.2) is 0 Å². The number of aryl methyl sites for hydroxylation is 1. The summed E-state index contributed by atoms with van der Waals surface area (Å²) < 4.78 is 14.8. The zero-order valence-electron chi connectivity index (χ0n) is 11.4. The molecule has 1 amide bonds. The van der Waals surface area contributed by atoms with Gasteiger partial charge in [-0.2, -0.15) is 0 Å². The van der Waals surface area contributed by atoms with Crippen LogP contribution in [0.2, 0.25) is 0 Å². The number of hydrogen-bond acceptors (Lipinski definition) is 1. The minimum absolute atomic E-state index is 0.107. The van der Waals surface area contributed by atoms with Crippen LogP contribution in [0.3, 0.4) is 0 Å². The molecule has 2 nitrogen and oxygen atoms in total. The van der Waals surface area contributed by atoms with Crippen LogP contribution in [-0.4, -0.2) is 17.9 Å². The Kier molecular flexibility index (Phi) is 4.55. The third-order valence-corrected chi connectivity index (χ3v) is 3.56. The fourth-order valence-corrected chi connectivity index (χ4v) is 2.20. The predicted molar refractivity (Wildman–Crippen MR) is 81.1 cm³/mol. The van der Waals surface area contributed by atoms with Crippen LogP contribution in [0.1, 0.15) is 21.5 Å². The fourth-order valence-electron chi connectivity index (χ4n) is 1.93. The van der Waals surface area contributed by atoms with E-state index in [0.717, 1.165) is 15.6 Å². The van der Waals surface area contributed by atoms with Crippen molar-refractivity contribution in [1.82, 2.24) is 4.90 Å². The maximum absolute atomic E-state index is 13.8. The van der Waals surface area contributed by atoms with Crippen LogP contribution in [-0.2, 0) is 6.54 Å². The highest BCUT2D eigenvalue weighted by Gasteiger charge is 2.16. The number of halogens is 2. The SMILES string of the molecule is Cc1ccc(C(=O)N(C)Cc2ccc(Br)cc2)c(F)c1. The van der Waals surface area contributed by atoms with Crippen molar-refractivity contribution in [2.75, 3.05) is 7.05 Å². The lowest BCUT2D eigenvalue weighted by molar-refractivity contribution is 0.0780. The monoisotopic (exact) mass is 335 g/mol. The molecule has 0 aromatic heterocycles. The van der Waals surface area contributed by atoms with E-state index in [-0.39, 0.29) is 11.5 Å². The van der Waals surface area contributed by atoms with Crippen LogP contribution >= 0.6 is 15.9 Å². The summed E-state index contributed by atoms with van der Waals surface area (Å²) in [4.78, 5) is 13.7. The first kappa shape index (κ1) is 14.7. The molecular weight excluding hydrogens is 321 g/mol. The van der Waals surface area contributed by atoms with E-state index < -0.39 is 5.82 Å². The van der Waals surface area contributed by atoms with Crippen molar-refractivity contribution in [3.63, 3.8) is 0 Å². The van der Waals surface area contributed by atoms with Crippen LogP contribution in [0, 0.1) is 12.7 Å². The Morgan fingerprint density at radius 1 is 1.20 bits per heavy atom. The lowest BCUT2D eigenvalue weighted by Crippen LogP contribution is -2.27. The Morgan fingerprint density at radius 2 is 1.85 bits per heavy atom. The minimum Gasteiger partial charge on any atom is -0.337 e. The zero-order valence-corrected chi connectivity index (χ0v) is 12.9. The van der Waals surface area contributed by atoms with Crippen LogP contribution in [0.25, 0.3) is 0 Å². The van der Waals surface area contributed by atoms with Gasteiger partial charge in [-0.15, -0.1) is 0 Å². The molecule has 0 spiro atoms. The fraction of sp³-hybridized carbons (Fsp3) is 0.188. The summed E-state index contributed by atoms with van der Waals surface area (Å²) in [5.41, 5.74) is 1.90. The Morgan fingerprint density at radius 3 is 2.45 bits per heavy atom. The first-order valence-electron chi connectivity index (χ1n) is 6.23. The van der Waals surface area contributed by atoms with Gasteiger partial charge < -0.3 is 4.90 Å². The molecule has 0 fully saturated rings. The van der Waals surface area contributed by atoms with E-state index in [9.17, 15) is 9.18 Å². The van der Waals surface area contributed by atoms with Gasteiger partial charge >= 0.3 is 0 Å². The number of amides is 1. The predicted octanol–water partition coefficient (Wildman–Crippen LogP) is 4.17. The second-order valence-electron chi connectivity index (χ2n) is 4.77. The molecule has 2 aromatic carbocycles. The third-order valence-electron chi connectivity index (χ3n) is 3.03. The molecule has 0 radical (unpaired) electrons. The molecule has 0 bridgehead atoms. The highest BCUT2D eigenvalue weighted by atomic mass is 79.9. The van der Waals surface area contributed by atoms with Crippen molar-refractivity contribution in [2.45, 2.75) is 13.5 Å². The van der Waals surface area contributed by atoms with Gasteiger partial charge in [-0.05, 0) is 42.3 Å². The molecule has 2 aromatic rings. The van der Waals surface area contributed by atoms with Crippen LogP contribution in [0.15, 0.2) is 46.9 Å². The average molecular weight is 336 g/mol. The molecule has 0 saturated carbocycles. The van der Waals surface area contributed by atoms with Gasteiger partial charge in [0.1, 0.15) is 5.82 Å². The first-order valence-corrected chi connectivity index (χ1v) is 7.03. The third kappa shape index (κ3) is 3.45. The Balaban J connectivity index is 2.14. The second kappa shape index (κ2) is 6.18. The highest BCUT2D eigenvalue weighted by Crippen LogP contribution is 2.15. The highest BCUT2D eigenvalue weighted by molar-refractivity contribution is 9.10. The Hall–Kier alpha value is -1.68. The van der Waals surface area contributed by atoms with Gasteiger partial charge in [0.25, 0.3) is 5.91 Å². The Bertz CT molecular complexity index is 625. The summed E-state index contributed by atoms with van der Waals surface area (Å²) in [5, 5.41) is 0. The van der Waals surface area contributed by atoms with E-state index in [0.29, 0.717) is 6.54 Å². The van der Waals surface area contributed by atoms with Crippen molar-refractivity contribution in [3.05, 3.63) is 69.4 Å². The second-order valence-corrected chi connectivity index (χ2v) is 5.69. The number of hydrogen-bond donors (Lipinski definition) is 0. The van der Waals surface area contributed by atoms with Gasteiger partial charge in [-0.25, -0.2) is 4.39 Å². The summed E-state index contributed by atoms with van der Waals surface area (Å²) in [5.74, 6) is -0.789. The molecule has 0 N–H and O–H groups in total. The van der Waals surface area contributed by atoms with Gasteiger partial charge in [0, 0.05) is 18.1 Å². The van der Waals surface area contributed by atoms with E-state index in [4.69, 9.17) is 0 Å². The molecule has 2 rings (SSSR count). The molecule has 0 atom stereocenters. The topological polar surface area (TPSA) is 20.3 Å². The first-order chi connectivity index (χ1) is 9.47. The minimum atomic E-state index is -0.474.